The van der Waals surface area contributed by atoms with Gasteiger partial charge in [-0.25, -0.2) is 4.79 Å². The van der Waals surface area contributed by atoms with Crippen LogP contribution in [0.4, 0.5) is 0 Å². The number of hydrogen-bond acceptors (Lipinski definition) is 9. The van der Waals surface area contributed by atoms with Crippen molar-refractivity contribution >= 4 is 11.8 Å². The average Bonchev–Trinajstić information content (AvgIpc) is 2.80. The summed E-state index contributed by atoms with van der Waals surface area (Å²) in [5.41, 5.74) is 0.303. The number of benzene rings is 1. The minimum atomic E-state index is -0.888. The Bertz CT molecular complexity index is 592. The molecule has 1 aromatic rings. The maximum atomic E-state index is 11.8. The summed E-state index contributed by atoms with van der Waals surface area (Å²) >= 11 is 0. The average molecular weight is 457 g/mol. The van der Waals surface area contributed by atoms with Crippen molar-refractivity contribution in [3.63, 3.8) is 0 Å². The van der Waals surface area contributed by atoms with E-state index in [0.29, 0.717) is 71.6 Å². The van der Waals surface area contributed by atoms with Crippen LogP contribution in [-0.4, -0.2) is 97.1 Å². The van der Waals surface area contributed by atoms with Gasteiger partial charge in [0.2, 0.25) is 0 Å². The highest BCUT2D eigenvalue weighted by molar-refractivity contribution is 6.40. The van der Waals surface area contributed by atoms with Gasteiger partial charge in [0.1, 0.15) is 6.61 Å². The highest BCUT2D eigenvalue weighted by Gasteiger charge is 2.16. The third-order valence-electron chi connectivity index (χ3n) is 3.85. The van der Waals surface area contributed by atoms with Gasteiger partial charge in [0, 0.05) is 5.56 Å². The topological polar surface area (TPSA) is 98.8 Å². The van der Waals surface area contributed by atoms with Gasteiger partial charge in [-0.1, -0.05) is 30.3 Å². The lowest BCUT2D eigenvalue weighted by atomic mass is 10.1. The Morgan fingerprint density at radius 3 is 1.47 bits per heavy atom. The monoisotopic (exact) mass is 456 g/mol. The van der Waals surface area contributed by atoms with Gasteiger partial charge in [0.05, 0.1) is 78.8 Å². The molecule has 0 spiro atoms. The molecule has 0 atom stereocenters. The number of hydrogen-bond donors (Lipinski definition) is 0. The van der Waals surface area contributed by atoms with Gasteiger partial charge in [-0.2, -0.15) is 0 Å². The minimum Gasteiger partial charge on any atom is -0.457 e. The van der Waals surface area contributed by atoms with E-state index in [1.165, 1.54) is 0 Å². The van der Waals surface area contributed by atoms with Crippen LogP contribution < -0.4 is 0 Å². The second-order valence-electron chi connectivity index (χ2n) is 6.81. The first-order valence-corrected chi connectivity index (χ1v) is 10.9. The molecule has 182 valence electrons. The maximum absolute atomic E-state index is 11.8. The number of rotatable bonds is 21. The van der Waals surface area contributed by atoms with Crippen molar-refractivity contribution in [2.45, 2.75) is 20.0 Å². The summed E-state index contributed by atoms with van der Waals surface area (Å²) < 4.78 is 37.1. The van der Waals surface area contributed by atoms with E-state index in [0.717, 1.165) is 0 Å². The Kier molecular flexibility index (Phi) is 17.4. The first-order valence-electron chi connectivity index (χ1n) is 10.9. The molecule has 0 amide bonds. The fourth-order valence-electron chi connectivity index (χ4n) is 2.29. The molecule has 0 bridgehead atoms. The zero-order valence-electron chi connectivity index (χ0n) is 19.1. The van der Waals surface area contributed by atoms with Crippen LogP contribution in [-0.2, 0) is 38.0 Å². The zero-order valence-corrected chi connectivity index (χ0v) is 19.1. The molecule has 0 aliphatic carbocycles. The van der Waals surface area contributed by atoms with E-state index in [-0.39, 0.29) is 19.3 Å². The molecule has 0 N–H and O–H groups in total. The molecule has 9 heteroatoms. The number of esters is 1. The third-order valence-corrected chi connectivity index (χ3v) is 3.85. The smallest absolute Gasteiger partial charge is 0.379 e. The molecule has 32 heavy (non-hydrogen) atoms. The molecule has 0 aliphatic heterocycles. The molecule has 0 radical (unpaired) electrons. The van der Waals surface area contributed by atoms with Gasteiger partial charge in [0.15, 0.2) is 0 Å². The number of ether oxygens (including phenoxy) is 7. The Morgan fingerprint density at radius 2 is 1.03 bits per heavy atom. The molecule has 9 nitrogen and oxygen atoms in total. The summed E-state index contributed by atoms with van der Waals surface area (Å²) in [5, 5.41) is 0. The predicted molar refractivity (Wildman–Crippen MR) is 117 cm³/mol. The molecule has 0 aromatic heterocycles. The van der Waals surface area contributed by atoms with Crippen LogP contribution in [0.1, 0.15) is 24.2 Å². The molecule has 0 unspecified atom stereocenters. The summed E-state index contributed by atoms with van der Waals surface area (Å²) in [6.45, 7) is 9.05. The highest BCUT2D eigenvalue weighted by Crippen LogP contribution is 2.01. The quantitative estimate of drug-likeness (QED) is 0.119. The maximum Gasteiger partial charge on any atom is 0.379 e. The van der Waals surface area contributed by atoms with Crippen molar-refractivity contribution in [1.82, 2.24) is 0 Å². The van der Waals surface area contributed by atoms with E-state index in [1.807, 2.05) is 13.8 Å². The van der Waals surface area contributed by atoms with Crippen molar-refractivity contribution in [3.8, 4) is 0 Å². The lowest BCUT2D eigenvalue weighted by Crippen LogP contribution is -2.20. The van der Waals surface area contributed by atoms with E-state index < -0.39 is 11.8 Å². The third kappa shape index (κ3) is 15.9. The van der Waals surface area contributed by atoms with Crippen molar-refractivity contribution in [2.24, 2.45) is 0 Å². The SMILES string of the molecule is CC(C)OCCOCCOCCOCCOCCOCCOC(=O)C(=O)c1ccccc1. The van der Waals surface area contributed by atoms with E-state index in [9.17, 15) is 9.59 Å². The fourth-order valence-corrected chi connectivity index (χ4v) is 2.29. The lowest BCUT2D eigenvalue weighted by Gasteiger charge is -2.09. The van der Waals surface area contributed by atoms with Crippen molar-refractivity contribution in [3.05, 3.63) is 35.9 Å². The van der Waals surface area contributed by atoms with Crippen molar-refractivity contribution in [1.29, 1.82) is 0 Å². The first kappa shape index (κ1) is 28.2. The van der Waals surface area contributed by atoms with E-state index in [4.69, 9.17) is 33.2 Å². The van der Waals surface area contributed by atoms with E-state index in [1.54, 1.807) is 30.3 Å². The van der Waals surface area contributed by atoms with Crippen LogP contribution in [0.15, 0.2) is 30.3 Å². The molecular formula is C23H36O9. The molecule has 1 aromatic carbocycles. The van der Waals surface area contributed by atoms with Gasteiger partial charge in [-0.05, 0) is 13.8 Å². The number of ketones is 1. The fraction of sp³-hybridized carbons (Fsp3) is 0.652. The summed E-state index contributed by atoms with van der Waals surface area (Å²) in [4.78, 5) is 23.5. The van der Waals surface area contributed by atoms with Crippen LogP contribution in [0.2, 0.25) is 0 Å². The summed E-state index contributed by atoms with van der Waals surface area (Å²) in [7, 11) is 0. The van der Waals surface area contributed by atoms with Gasteiger partial charge < -0.3 is 33.2 Å². The Labute approximate surface area is 190 Å². The van der Waals surface area contributed by atoms with Crippen molar-refractivity contribution < 1.29 is 42.7 Å². The molecule has 1 rings (SSSR count). The normalized spacial score (nSPS) is 11.1. The van der Waals surface area contributed by atoms with Gasteiger partial charge in [-0.3, -0.25) is 4.79 Å². The molecule has 0 aliphatic rings. The summed E-state index contributed by atoms with van der Waals surface area (Å²) in [6.07, 6.45) is 0.221. The molecule has 0 saturated carbocycles. The van der Waals surface area contributed by atoms with Crippen LogP contribution in [0.3, 0.4) is 0 Å². The number of carbonyl (C=O) groups is 2. The molecular weight excluding hydrogens is 420 g/mol. The van der Waals surface area contributed by atoms with Gasteiger partial charge >= 0.3 is 5.97 Å². The Morgan fingerprint density at radius 1 is 0.625 bits per heavy atom. The van der Waals surface area contributed by atoms with E-state index in [2.05, 4.69) is 0 Å². The van der Waals surface area contributed by atoms with Gasteiger partial charge in [0.25, 0.3) is 5.78 Å². The van der Waals surface area contributed by atoms with E-state index >= 15 is 0 Å². The van der Waals surface area contributed by atoms with Crippen LogP contribution in [0.5, 0.6) is 0 Å². The molecule has 0 saturated heterocycles. The van der Waals surface area contributed by atoms with Crippen molar-refractivity contribution in [2.75, 3.05) is 79.3 Å². The predicted octanol–water partition coefficient (Wildman–Crippen LogP) is 1.92. The standard InChI is InChI=1S/C23H36O9/c1-20(2)31-18-16-29-14-12-27-10-8-26-9-11-28-13-15-30-17-19-32-23(25)22(24)21-6-4-3-5-7-21/h3-7,20H,8-19H2,1-2H3. The summed E-state index contributed by atoms with van der Waals surface area (Å²) in [5.74, 6) is -1.55. The lowest BCUT2D eigenvalue weighted by molar-refractivity contribution is -0.139. The minimum absolute atomic E-state index is 0.0112. The Hall–Kier alpha value is -1.88. The van der Waals surface area contributed by atoms with Crippen LogP contribution in [0.25, 0.3) is 0 Å². The molecule has 0 fully saturated rings. The highest BCUT2D eigenvalue weighted by atomic mass is 16.6. The van der Waals surface area contributed by atoms with Crippen LogP contribution >= 0.6 is 0 Å². The largest absolute Gasteiger partial charge is 0.457 e. The van der Waals surface area contributed by atoms with Gasteiger partial charge in [-0.15, -0.1) is 0 Å². The summed E-state index contributed by atoms with van der Waals surface area (Å²) in [6, 6.07) is 8.27. The zero-order chi connectivity index (χ0) is 23.3. The second-order valence-corrected chi connectivity index (χ2v) is 6.81. The number of carbonyl (C=O) groups excluding carboxylic acids is 2. The second kappa shape index (κ2) is 19.8. The molecule has 0 heterocycles. The first-order chi connectivity index (χ1) is 15.6. The Balaban J connectivity index is 1.77. The van der Waals surface area contributed by atoms with Crippen LogP contribution in [0, 0.1) is 0 Å². The number of Topliss-reactive ketones (excluding diaryl/α,β-unsaturated/α-hetero) is 1.